The van der Waals surface area contributed by atoms with Crippen LogP contribution in [0.2, 0.25) is 0 Å². The van der Waals surface area contributed by atoms with Crippen LogP contribution in [-0.4, -0.2) is 17.5 Å². The molecule has 2 unspecified atom stereocenters. The highest BCUT2D eigenvalue weighted by Gasteiger charge is 2.20. The molecule has 1 aromatic carbocycles. The van der Waals surface area contributed by atoms with Crippen molar-refractivity contribution in [3.05, 3.63) is 33.8 Å². The molecule has 3 heteroatoms. The van der Waals surface area contributed by atoms with Crippen LogP contribution in [0.1, 0.15) is 36.8 Å². The van der Waals surface area contributed by atoms with E-state index in [0.717, 1.165) is 11.8 Å². The van der Waals surface area contributed by atoms with Crippen LogP contribution in [0.25, 0.3) is 0 Å². The van der Waals surface area contributed by atoms with E-state index in [4.69, 9.17) is 0 Å². The number of aryl methyl sites for hydroxylation is 1. The predicted octanol–water partition coefficient (Wildman–Crippen LogP) is 4.52. The third-order valence-electron chi connectivity index (χ3n) is 3.78. The Balaban J connectivity index is 1.85. The van der Waals surface area contributed by atoms with E-state index in [1.54, 1.807) is 0 Å². The van der Waals surface area contributed by atoms with Crippen molar-refractivity contribution in [1.29, 1.82) is 0 Å². The summed E-state index contributed by atoms with van der Waals surface area (Å²) in [5, 5.41) is 4.58. The van der Waals surface area contributed by atoms with E-state index in [9.17, 15) is 0 Å². The van der Waals surface area contributed by atoms with Crippen molar-refractivity contribution in [2.24, 2.45) is 0 Å². The van der Waals surface area contributed by atoms with Gasteiger partial charge in [0.2, 0.25) is 0 Å². The topological polar surface area (TPSA) is 12.0 Å². The van der Waals surface area contributed by atoms with Crippen molar-refractivity contribution in [1.82, 2.24) is 5.32 Å². The number of hydrogen-bond acceptors (Lipinski definition) is 2. The lowest BCUT2D eigenvalue weighted by Gasteiger charge is -2.28. The van der Waals surface area contributed by atoms with Gasteiger partial charge in [0.1, 0.15) is 0 Å². The molecule has 1 aromatic rings. The van der Waals surface area contributed by atoms with E-state index in [1.165, 1.54) is 41.3 Å². The first kappa shape index (κ1) is 14.4. The Morgan fingerprint density at radius 3 is 2.94 bits per heavy atom. The van der Waals surface area contributed by atoms with Gasteiger partial charge >= 0.3 is 0 Å². The van der Waals surface area contributed by atoms with E-state index in [1.807, 2.05) is 11.8 Å². The second kappa shape index (κ2) is 6.97. The van der Waals surface area contributed by atoms with Gasteiger partial charge in [0.05, 0.1) is 0 Å². The lowest BCUT2D eigenvalue weighted by atomic mass is 9.95. The van der Waals surface area contributed by atoms with Crippen LogP contribution in [0, 0.1) is 6.92 Å². The maximum absolute atomic E-state index is 3.72. The van der Waals surface area contributed by atoms with Gasteiger partial charge in [0.25, 0.3) is 0 Å². The summed E-state index contributed by atoms with van der Waals surface area (Å²) in [6.07, 6.45) is 7.69. The van der Waals surface area contributed by atoms with Crippen LogP contribution in [0.3, 0.4) is 0 Å². The first-order valence-corrected chi connectivity index (χ1v) is 8.78. The van der Waals surface area contributed by atoms with E-state index >= 15 is 0 Å². The van der Waals surface area contributed by atoms with Gasteiger partial charge in [-0.3, -0.25) is 0 Å². The molecular formula is C15H22BrNS. The van der Waals surface area contributed by atoms with Gasteiger partial charge in [-0.15, -0.1) is 0 Å². The standard InChI is InChI=1S/C15H22BrNS/c1-11-8-12(6-7-15(11)16)10-17-13-4-3-5-14(9-13)18-2/h6-8,13-14,17H,3-5,9-10H2,1-2H3. The molecule has 0 amide bonds. The molecule has 1 aliphatic carbocycles. The van der Waals surface area contributed by atoms with Gasteiger partial charge in [-0.05, 0) is 49.6 Å². The fourth-order valence-corrected chi connectivity index (χ4v) is 3.70. The fraction of sp³-hybridized carbons (Fsp3) is 0.600. The van der Waals surface area contributed by atoms with Crippen LogP contribution >= 0.6 is 27.7 Å². The van der Waals surface area contributed by atoms with Gasteiger partial charge in [-0.2, -0.15) is 11.8 Å². The lowest BCUT2D eigenvalue weighted by molar-refractivity contribution is 0.380. The molecule has 0 bridgehead atoms. The zero-order valence-corrected chi connectivity index (χ0v) is 13.6. The highest BCUT2D eigenvalue weighted by molar-refractivity contribution is 9.10. The Kier molecular flexibility index (Phi) is 5.58. The van der Waals surface area contributed by atoms with E-state index < -0.39 is 0 Å². The summed E-state index contributed by atoms with van der Waals surface area (Å²) in [6, 6.07) is 7.34. The van der Waals surface area contributed by atoms with Crippen molar-refractivity contribution in [3.63, 3.8) is 0 Å². The normalized spacial score (nSPS) is 24.2. The van der Waals surface area contributed by atoms with Crippen molar-refractivity contribution < 1.29 is 0 Å². The predicted molar refractivity (Wildman–Crippen MR) is 85.3 cm³/mol. The third kappa shape index (κ3) is 4.01. The Morgan fingerprint density at radius 2 is 2.22 bits per heavy atom. The van der Waals surface area contributed by atoms with Crippen LogP contribution in [0.5, 0.6) is 0 Å². The van der Waals surface area contributed by atoms with E-state index in [0.29, 0.717) is 6.04 Å². The monoisotopic (exact) mass is 327 g/mol. The molecule has 0 heterocycles. The van der Waals surface area contributed by atoms with Crippen molar-refractivity contribution >= 4 is 27.7 Å². The largest absolute Gasteiger partial charge is 0.310 e. The minimum absolute atomic E-state index is 0.708. The van der Waals surface area contributed by atoms with Gasteiger partial charge < -0.3 is 5.32 Å². The first-order chi connectivity index (χ1) is 8.69. The van der Waals surface area contributed by atoms with Gasteiger partial charge in [-0.25, -0.2) is 0 Å². The maximum Gasteiger partial charge on any atom is 0.0208 e. The number of hydrogen-bond donors (Lipinski definition) is 1. The smallest absolute Gasteiger partial charge is 0.0208 e. The zero-order chi connectivity index (χ0) is 13.0. The molecule has 1 aliphatic rings. The SMILES string of the molecule is CSC1CCCC(NCc2ccc(Br)c(C)c2)C1. The summed E-state index contributed by atoms with van der Waals surface area (Å²) < 4.78 is 1.20. The molecular weight excluding hydrogens is 306 g/mol. The number of rotatable bonds is 4. The number of benzene rings is 1. The molecule has 0 radical (unpaired) electrons. The molecule has 2 rings (SSSR count). The molecule has 0 aromatic heterocycles. The van der Waals surface area contributed by atoms with Gasteiger partial charge in [-0.1, -0.05) is 34.5 Å². The Morgan fingerprint density at radius 1 is 1.39 bits per heavy atom. The number of nitrogens with one attached hydrogen (secondary N) is 1. The summed E-state index contributed by atoms with van der Waals surface area (Å²) >= 11 is 5.58. The summed E-state index contributed by atoms with van der Waals surface area (Å²) in [5.41, 5.74) is 2.71. The molecule has 18 heavy (non-hydrogen) atoms. The highest BCUT2D eigenvalue weighted by Crippen LogP contribution is 2.27. The zero-order valence-electron chi connectivity index (χ0n) is 11.2. The Labute approximate surface area is 123 Å². The maximum atomic E-state index is 3.72. The number of halogens is 1. The molecule has 1 fully saturated rings. The van der Waals surface area contributed by atoms with Crippen LogP contribution in [0.4, 0.5) is 0 Å². The van der Waals surface area contributed by atoms with Gasteiger partial charge in [0, 0.05) is 22.3 Å². The second-order valence-electron chi connectivity index (χ2n) is 5.19. The third-order valence-corrected chi connectivity index (χ3v) is 5.76. The summed E-state index contributed by atoms with van der Waals surface area (Å²) in [5.74, 6) is 0. The van der Waals surface area contributed by atoms with E-state index in [2.05, 4.69) is 52.6 Å². The Hall–Kier alpha value is 0.01000. The minimum atomic E-state index is 0.708. The molecule has 0 spiro atoms. The van der Waals surface area contributed by atoms with Crippen molar-refractivity contribution in [2.45, 2.75) is 50.4 Å². The molecule has 1 saturated carbocycles. The van der Waals surface area contributed by atoms with Crippen molar-refractivity contribution in [3.8, 4) is 0 Å². The lowest BCUT2D eigenvalue weighted by Crippen LogP contribution is -2.34. The van der Waals surface area contributed by atoms with Gasteiger partial charge in [0.15, 0.2) is 0 Å². The van der Waals surface area contributed by atoms with Crippen LogP contribution < -0.4 is 5.32 Å². The number of thioether (sulfide) groups is 1. The molecule has 100 valence electrons. The van der Waals surface area contributed by atoms with Crippen LogP contribution in [0.15, 0.2) is 22.7 Å². The first-order valence-electron chi connectivity index (χ1n) is 6.70. The average molecular weight is 328 g/mol. The molecule has 0 aliphatic heterocycles. The van der Waals surface area contributed by atoms with E-state index in [-0.39, 0.29) is 0 Å². The molecule has 1 N–H and O–H groups in total. The summed E-state index contributed by atoms with van der Waals surface area (Å²) in [7, 11) is 0. The van der Waals surface area contributed by atoms with Crippen molar-refractivity contribution in [2.75, 3.05) is 6.26 Å². The average Bonchev–Trinajstić information content (AvgIpc) is 2.40. The Bertz CT molecular complexity index is 394. The summed E-state index contributed by atoms with van der Waals surface area (Å²) in [6.45, 7) is 3.15. The molecule has 0 saturated heterocycles. The quantitative estimate of drug-likeness (QED) is 0.872. The minimum Gasteiger partial charge on any atom is -0.310 e. The summed E-state index contributed by atoms with van der Waals surface area (Å²) in [4.78, 5) is 0. The second-order valence-corrected chi connectivity index (χ2v) is 7.18. The molecule has 1 nitrogen and oxygen atoms in total. The molecule has 2 atom stereocenters. The highest BCUT2D eigenvalue weighted by atomic mass is 79.9. The fourth-order valence-electron chi connectivity index (χ4n) is 2.62. The van der Waals surface area contributed by atoms with Crippen LogP contribution in [-0.2, 0) is 6.54 Å².